The molecule has 0 unspecified atom stereocenters. The standard InChI is InChI=1S/C20H18N6O5/c1-12(27)24-14-3-5-15(6-4-14)25-20-18(26(28)29)19(22-10-23-20)21-9-13-2-7-16-17(8-13)31-11-30-16/h2-8,10H,9,11H2,1H3,(H,24,27)(H2,21,22,23,25). The first-order valence-corrected chi connectivity index (χ1v) is 9.26. The lowest BCUT2D eigenvalue weighted by molar-refractivity contribution is -0.383. The number of anilines is 4. The molecule has 1 aromatic heterocycles. The predicted molar refractivity (Wildman–Crippen MR) is 113 cm³/mol. The summed E-state index contributed by atoms with van der Waals surface area (Å²) in [4.78, 5) is 30.4. The SMILES string of the molecule is CC(=O)Nc1ccc(Nc2ncnc(NCc3ccc4c(c3)OCO4)c2[N+](=O)[O-])cc1. The van der Waals surface area contributed by atoms with E-state index in [-0.39, 0.29) is 30.0 Å². The Morgan fingerprint density at radius 1 is 1.06 bits per heavy atom. The average molecular weight is 422 g/mol. The van der Waals surface area contributed by atoms with E-state index in [1.165, 1.54) is 13.3 Å². The van der Waals surface area contributed by atoms with E-state index >= 15 is 0 Å². The summed E-state index contributed by atoms with van der Waals surface area (Å²) in [5, 5.41) is 20.3. The van der Waals surface area contributed by atoms with Gasteiger partial charge in [-0.2, -0.15) is 0 Å². The zero-order valence-corrected chi connectivity index (χ0v) is 16.4. The van der Waals surface area contributed by atoms with Crippen LogP contribution in [0, 0.1) is 10.1 Å². The molecule has 0 bridgehead atoms. The van der Waals surface area contributed by atoms with Gasteiger partial charge in [-0.15, -0.1) is 0 Å². The van der Waals surface area contributed by atoms with Gasteiger partial charge in [-0.3, -0.25) is 14.9 Å². The second kappa shape index (κ2) is 8.53. The Morgan fingerprint density at radius 2 is 1.77 bits per heavy atom. The van der Waals surface area contributed by atoms with Crippen LogP contribution in [0.3, 0.4) is 0 Å². The number of ether oxygens (including phenoxy) is 2. The number of aromatic nitrogens is 2. The molecule has 11 nitrogen and oxygen atoms in total. The third-order valence-corrected chi connectivity index (χ3v) is 4.37. The van der Waals surface area contributed by atoms with Gasteiger partial charge in [0.15, 0.2) is 11.5 Å². The van der Waals surface area contributed by atoms with E-state index in [1.807, 2.05) is 6.07 Å². The third kappa shape index (κ3) is 4.61. The Morgan fingerprint density at radius 3 is 2.52 bits per heavy atom. The van der Waals surface area contributed by atoms with Gasteiger partial charge in [0, 0.05) is 24.8 Å². The van der Waals surface area contributed by atoms with Crippen molar-refractivity contribution in [2.24, 2.45) is 0 Å². The van der Waals surface area contributed by atoms with Gasteiger partial charge in [-0.25, -0.2) is 9.97 Å². The lowest BCUT2D eigenvalue weighted by atomic mass is 10.2. The zero-order valence-electron chi connectivity index (χ0n) is 16.4. The molecule has 2 aromatic carbocycles. The van der Waals surface area contributed by atoms with E-state index in [0.29, 0.717) is 29.4 Å². The summed E-state index contributed by atoms with van der Waals surface area (Å²) in [7, 11) is 0. The summed E-state index contributed by atoms with van der Waals surface area (Å²) < 4.78 is 10.6. The third-order valence-electron chi connectivity index (χ3n) is 4.37. The maximum Gasteiger partial charge on any atom is 0.353 e. The minimum Gasteiger partial charge on any atom is -0.454 e. The molecular weight excluding hydrogens is 404 g/mol. The molecule has 0 saturated heterocycles. The summed E-state index contributed by atoms with van der Waals surface area (Å²) in [5.41, 5.74) is 1.74. The van der Waals surface area contributed by atoms with Crippen LogP contribution in [0.2, 0.25) is 0 Å². The number of carbonyl (C=O) groups excluding carboxylic acids is 1. The van der Waals surface area contributed by atoms with Crippen LogP contribution in [0.5, 0.6) is 11.5 Å². The van der Waals surface area contributed by atoms with Crippen molar-refractivity contribution in [3.05, 3.63) is 64.5 Å². The average Bonchev–Trinajstić information content (AvgIpc) is 3.21. The maximum atomic E-state index is 11.7. The highest BCUT2D eigenvalue weighted by molar-refractivity contribution is 5.89. The molecule has 1 aliphatic rings. The van der Waals surface area contributed by atoms with Gasteiger partial charge in [0.2, 0.25) is 24.3 Å². The molecule has 158 valence electrons. The van der Waals surface area contributed by atoms with Crippen LogP contribution in [0.1, 0.15) is 12.5 Å². The van der Waals surface area contributed by atoms with Gasteiger partial charge >= 0.3 is 5.69 Å². The van der Waals surface area contributed by atoms with Crippen LogP contribution >= 0.6 is 0 Å². The molecule has 0 aliphatic carbocycles. The van der Waals surface area contributed by atoms with Crippen molar-refractivity contribution in [3.63, 3.8) is 0 Å². The van der Waals surface area contributed by atoms with E-state index in [9.17, 15) is 14.9 Å². The molecule has 0 fully saturated rings. The van der Waals surface area contributed by atoms with Crippen LogP contribution in [0.15, 0.2) is 48.8 Å². The van der Waals surface area contributed by atoms with Crippen molar-refractivity contribution in [2.75, 3.05) is 22.7 Å². The fourth-order valence-corrected chi connectivity index (χ4v) is 2.99. The minimum atomic E-state index is -0.546. The highest BCUT2D eigenvalue weighted by atomic mass is 16.7. The molecular formula is C20H18N6O5. The monoisotopic (exact) mass is 422 g/mol. The molecule has 0 radical (unpaired) electrons. The molecule has 0 spiro atoms. The van der Waals surface area contributed by atoms with Gasteiger partial charge in [0.05, 0.1) is 4.92 Å². The quantitative estimate of drug-likeness (QED) is 0.386. The lowest BCUT2D eigenvalue weighted by Crippen LogP contribution is -2.08. The molecule has 0 atom stereocenters. The van der Waals surface area contributed by atoms with Crippen molar-refractivity contribution in [2.45, 2.75) is 13.5 Å². The number of hydrogen-bond donors (Lipinski definition) is 3. The van der Waals surface area contributed by atoms with Crippen LogP contribution in [-0.2, 0) is 11.3 Å². The van der Waals surface area contributed by atoms with E-state index in [1.54, 1.807) is 36.4 Å². The van der Waals surface area contributed by atoms with Crippen molar-refractivity contribution >= 4 is 34.6 Å². The van der Waals surface area contributed by atoms with Crippen molar-refractivity contribution in [1.82, 2.24) is 9.97 Å². The second-order valence-electron chi connectivity index (χ2n) is 6.60. The minimum absolute atomic E-state index is 0.0421. The maximum absolute atomic E-state index is 11.7. The first-order chi connectivity index (χ1) is 15.0. The van der Waals surface area contributed by atoms with Crippen LogP contribution < -0.4 is 25.4 Å². The van der Waals surface area contributed by atoms with Gasteiger partial charge < -0.3 is 25.4 Å². The van der Waals surface area contributed by atoms with Crippen LogP contribution in [0.25, 0.3) is 0 Å². The normalized spacial score (nSPS) is 11.6. The molecule has 3 N–H and O–H groups in total. The summed E-state index contributed by atoms with van der Waals surface area (Å²) >= 11 is 0. The molecule has 1 aliphatic heterocycles. The highest BCUT2D eigenvalue weighted by Crippen LogP contribution is 2.34. The highest BCUT2D eigenvalue weighted by Gasteiger charge is 2.23. The zero-order chi connectivity index (χ0) is 21.8. The number of nitrogens with zero attached hydrogens (tertiary/aromatic N) is 3. The van der Waals surface area contributed by atoms with Gasteiger partial charge in [-0.05, 0) is 42.0 Å². The van der Waals surface area contributed by atoms with E-state index in [2.05, 4.69) is 25.9 Å². The Hall–Kier alpha value is -4.41. The second-order valence-corrected chi connectivity index (χ2v) is 6.60. The van der Waals surface area contributed by atoms with Crippen LogP contribution in [-0.4, -0.2) is 27.6 Å². The van der Waals surface area contributed by atoms with Crippen molar-refractivity contribution < 1.29 is 19.2 Å². The van der Waals surface area contributed by atoms with Crippen LogP contribution in [0.4, 0.5) is 28.7 Å². The Labute approximate surface area is 176 Å². The largest absolute Gasteiger partial charge is 0.454 e. The Bertz CT molecular complexity index is 1140. The van der Waals surface area contributed by atoms with Crippen molar-refractivity contribution in [3.8, 4) is 11.5 Å². The summed E-state index contributed by atoms with van der Waals surface area (Å²) in [5.74, 6) is 1.22. The molecule has 4 rings (SSSR count). The number of carbonyl (C=O) groups is 1. The Kier molecular flexibility index (Phi) is 5.47. The number of fused-ring (bicyclic) bond motifs is 1. The summed E-state index contributed by atoms with van der Waals surface area (Å²) in [6, 6.07) is 12.1. The molecule has 1 amide bonds. The summed E-state index contributed by atoms with van der Waals surface area (Å²) in [6.45, 7) is 1.87. The number of hydrogen-bond acceptors (Lipinski definition) is 9. The number of rotatable bonds is 7. The molecule has 2 heterocycles. The first kappa shape index (κ1) is 19.9. The van der Waals surface area contributed by atoms with E-state index in [4.69, 9.17) is 9.47 Å². The van der Waals surface area contributed by atoms with Gasteiger partial charge in [0.1, 0.15) is 6.33 Å². The topological polar surface area (TPSA) is 141 Å². The predicted octanol–water partition coefficient (Wildman–Crippen LogP) is 3.43. The molecule has 3 aromatic rings. The summed E-state index contributed by atoms with van der Waals surface area (Å²) in [6.07, 6.45) is 1.24. The number of amides is 1. The fourth-order valence-electron chi connectivity index (χ4n) is 2.99. The molecule has 11 heteroatoms. The van der Waals surface area contributed by atoms with E-state index < -0.39 is 4.92 Å². The van der Waals surface area contributed by atoms with Gasteiger partial charge in [-0.1, -0.05) is 6.07 Å². The number of benzene rings is 2. The number of nitrogens with one attached hydrogen (secondary N) is 3. The fraction of sp³-hybridized carbons (Fsp3) is 0.150. The van der Waals surface area contributed by atoms with E-state index in [0.717, 1.165) is 5.56 Å². The smallest absolute Gasteiger partial charge is 0.353 e. The molecule has 31 heavy (non-hydrogen) atoms. The lowest BCUT2D eigenvalue weighted by Gasteiger charge is -2.11. The Balaban J connectivity index is 1.52. The van der Waals surface area contributed by atoms with Crippen molar-refractivity contribution in [1.29, 1.82) is 0 Å². The number of nitro groups is 1. The van der Waals surface area contributed by atoms with Gasteiger partial charge in [0.25, 0.3) is 0 Å². The first-order valence-electron chi connectivity index (χ1n) is 9.26. The molecule has 0 saturated carbocycles.